The van der Waals surface area contributed by atoms with Gasteiger partial charge in [-0.15, -0.1) is 0 Å². The number of rotatable bonds is 2. The normalized spacial score (nSPS) is 9.50. The van der Waals surface area contributed by atoms with Gasteiger partial charge >= 0.3 is 5.97 Å². The van der Waals surface area contributed by atoms with E-state index in [-0.39, 0.29) is 5.82 Å². The molecule has 0 radical (unpaired) electrons. The number of carbonyl (C=O) groups is 1. The molecular weight excluding hydrogens is 156 g/mol. The number of methoxy groups -OCH3 is 1. The van der Waals surface area contributed by atoms with Gasteiger partial charge in [-0.1, -0.05) is 6.58 Å². The molecule has 0 bridgehead atoms. The van der Waals surface area contributed by atoms with Crippen LogP contribution in [-0.2, 0) is 11.8 Å². The summed E-state index contributed by atoms with van der Waals surface area (Å²) in [5, 5.41) is 0. The van der Waals surface area contributed by atoms with Gasteiger partial charge in [-0.25, -0.2) is 9.78 Å². The third-order valence-corrected chi connectivity index (χ3v) is 1.47. The van der Waals surface area contributed by atoms with E-state index < -0.39 is 5.97 Å². The van der Waals surface area contributed by atoms with E-state index in [1.807, 2.05) is 0 Å². The molecule has 0 aliphatic carbocycles. The zero-order valence-electron chi connectivity index (χ0n) is 7.07. The highest BCUT2D eigenvalue weighted by molar-refractivity contribution is 5.85. The van der Waals surface area contributed by atoms with E-state index in [9.17, 15) is 4.79 Å². The molecule has 1 heterocycles. The number of hydrogen-bond acceptors (Lipinski definition) is 3. The predicted octanol–water partition coefficient (Wildman–Crippen LogP) is 0.850. The number of imidazole rings is 1. The van der Waals surface area contributed by atoms with E-state index >= 15 is 0 Å². The Morgan fingerprint density at radius 3 is 2.92 bits per heavy atom. The lowest BCUT2D eigenvalue weighted by molar-refractivity contribution is 0.0583. The summed E-state index contributed by atoms with van der Waals surface area (Å²) in [6, 6.07) is 0. The lowest BCUT2D eigenvalue weighted by Gasteiger charge is -1.96. The van der Waals surface area contributed by atoms with Crippen LogP contribution in [0.4, 0.5) is 0 Å². The van der Waals surface area contributed by atoms with Gasteiger partial charge in [0, 0.05) is 13.2 Å². The monoisotopic (exact) mass is 166 g/mol. The standard InChI is InChI=1S/C8H10N2O2/c1-4-6-5-10(2)7(9-6)8(11)12-3/h4-5H,1H2,2-3H3. The van der Waals surface area contributed by atoms with Crippen LogP contribution in [0.3, 0.4) is 0 Å². The van der Waals surface area contributed by atoms with Crippen molar-refractivity contribution < 1.29 is 9.53 Å². The molecule has 0 N–H and O–H groups in total. The van der Waals surface area contributed by atoms with E-state index in [2.05, 4.69) is 16.3 Å². The highest BCUT2D eigenvalue weighted by Crippen LogP contribution is 2.03. The van der Waals surface area contributed by atoms with Crippen LogP contribution in [0, 0.1) is 0 Å². The third kappa shape index (κ3) is 1.37. The Balaban J connectivity index is 3.07. The number of aryl methyl sites for hydroxylation is 1. The summed E-state index contributed by atoms with van der Waals surface area (Å²) < 4.78 is 6.12. The molecular formula is C8H10N2O2. The van der Waals surface area contributed by atoms with Crippen molar-refractivity contribution >= 4 is 12.0 Å². The minimum Gasteiger partial charge on any atom is -0.463 e. The molecule has 0 saturated heterocycles. The van der Waals surface area contributed by atoms with Crippen molar-refractivity contribution in [3.8, 4) is 0 Å². The van der Waals surface area contributed by atoms with E-state index in [0.717, 1.165) is 0 Å². The molecule has 4 nitrogen and oxygen atoms in total. The number of aromatic nitrogens is 2. The number of esters is 1. The van der Waals surface area contributed by atoms with Gasteiger partial charge in [0.1, 0.15) is 0 Å². The summed E-state index contributed by atoms with van der Waals surface area (Å²) in [6.07, 6.45) is 3.28. The molecule has 0 atom stereocenters. The van der Waals surface area contributed by atoms with Crippen LogP contribution in [0.5, 0.6) is 0 Å². The van der Waals surface area contributed by atoms with Gasteiger partial charge in [0.2, 0.25) is 5.82 Å². The second-order valence-corrected chi connectivity index (χ2v) is 2.30. The van der Waals surface area contributed by atoms with Crippen molar-refractivity contribution in [1.29, 1.82) is 0 Å². The Morgan fingerprint density at radius 1 is 1.83 bits per heavy atom. The van der Waals surface area contributed by atoms with Gasteiger partial charge in [-0.2, -0.15) is 0 Å². The number of carbonyl (C=O) groups excluding carboxylic acids is 1. The molecule has 1 aromatic heterocycles. The molecule has 0 fully saturated rings. The molecule has 0 amide bonds. The van der Waals surface area contributed by atoms with Crippen LogP contribution in [0.1, 0.15) is 16.3 Å². The van der Waals surface area contributed by atoms with Gasteiger partial charge in [0.25, 0.3) is 0 Å². The van der Waals surface area contributed by atoms with Crippen molar-refractivity contribution in [3.05, 3.63) is 24.3 Å². The van der Waals surface area contributed by atoms with Gasteiger partial charge in [0.05, 0.1) is 12.8 Å². The van der Waals surface area contributed by atoms with E-state index in [4.69, 9.17) is 0 Å². The first-order valence-corrected chi connectivity index (χ1v) is 3.43. The highest BCUT2D eigenvalue weighted by Gasteiger charge is 2.11. The van der Waals surface area contributed by atoms with Gasteiger partial charge < -0.3 is 9.30 Å². The molecule has 0 aliphatic heterocycles. The molecule has 0 spiro atoms. The molecule has 1 aromatic rings. The molecule has 0 saturated carbocycles. The summed E-state index contributed by atoms with van der Waals surface area (Å²) in [4.78, 5) is 15.0. The van der Waals surface area contributed by atoms with Crippen molar-refractivity contribution in [2.75, 3.05) is 7.11 Å². The highest BCUT2D eigenvalue weighted by atomic mass is 16.5. The summed E-state index contributed by atoms with van der Waals surface area (Å²) in [5.41, 5.74) is 0.665. The maximum atomic E-state index is 11.0. The fraction of sp³-hybridized carbons (Fsp3) is 0.250. The smallest absolute Gasteiger partial charge is 0.374 e. The van der Waals surface area contributed by atoms with Crippen LogP contribution in [-0.4, -0.2) is 22.6 Å². The first-order chi connectivity index (χ1) is 5.69. The average molecular weight is 166 g/mol. The lowest BCUT2D eigenvalue weighted by atomic mass is 10.5. The average Bonchev–Trinajstić information content (AvgIpc) is 2.45. The number of ether oxygens (including phenoxy) is 1. The largest absolute Gasteiger partial charge is 0.463 e. The van der Waals surface area contributed by atoms with Crippen LogP contribution in [0.15, 0.2) is 12.8 Å². The first kappa shape index (κ1) is 8.52. The quantitative estimate of drug-likeness (QED) is 0.612. The third-order valence-electron chi connectivity index (χ3n) is 1.47. The molecule has 0 unspecified atom stereocenters. The second kappa shape index (κ2) is 3.21. The van der Waals surface area contributed by atoms with Crippen molar-refractivity contribution in [3.63, 3.8) is 0 Å². The molecule has 0 aromatic carbocycles. The summed E-state index contributed by atoms with van der Waals surface area (Å²) >= 11 is 0. The van der Waals surface area contributed by atoms with Gasteiger partial charge in [-0.05, 0) is 6.08 Å². The van der Waals surface area contributed by atoms with E-state index in [0.29, 0.717) is 5.69 Å². The zero-order valence-corrected chi connectivity index (χ0v) is 7.07. The SMILES string of the molecule is C=Cc1cn(C)c(C(=O)OC)n1. The number of nitrogens with zero attached hydrogens (tertiary/aromatic N) is 2. The molecule has 4 heteroatoms. The fourth-order valence-electron chi connectivity index (χ4n) is 0.869. The molecule has 12 heavy (non-hydrogen) atoms. The Kier molecular flexibility index (Phi) is 2.28. The van der Waals surface area contributed by atoms with Gasteiger partial charge in [-0.3, -0.25) is 0 Å². The Morgan fingerprint density at radius 2 is 2.50 bits per heavy atom. The molecule has 64 valence electrons. The van der Waals surface area contributed by atoms with Crippen LogP contribution >= 0.6 is 0 Å². The summed E-state index contributed by atoms with van der Waals surface area (Å²) in [7, 11) is 3.05. The Labute approximate surface area is 70.5 Å². The number of hydrogen-bond donors (Lipinski definition) is 0. The molecule has 0 aliphatic rings. The van der Waals surface area contributed by atoms with Crippen molar-refractivity contribution in [2.45, 2.75) is 0 Å². The van der Waals surface area contributed by atoms with Crippen LogP contribution < -0.4 is 0 Å². The maximum absolute atomic E-state index is 11.0. The minimum absolute atomic E-state index is 0.285. The Hall–Kier alpha value is -1.58. The van der Waals surface area contributed by atoms with Crippen LogP contribution in [0.2, 0.25) is 0 Å². The topological polar surface area (TPSA) is 44.1 Å². The molecule has 1 rings (SSSR count). The first-order valence-electron chi connectivity index (χ1n) is 3.43. The van der Waals surface area contributed by atoms with Crippen molar-refractivity contribution in [1.82, 2.24) is 9.55 Å². The van der Waals surface area contributed by atoms with Crippen LogP contribution in [0.25, 0.3) is 6.08 Å². The zero-order chi connectivity index (χ0) is 9.14. The second-order valence-electron chi connectivity index (χ2n) is 2.30. The van der Waals surface area contributed by atoms with E-state index in [1.165, 1.54) is 7.11 Å². The van der Waals surface area contributed by atoms with Crippen molar-refractivity contribution in [2.24, 2.45) is 7.05 Å². The fourth-order valence-corrected chi connectivity index (χ4v) is 0.869. The summed E-state index contributed by atoms with van der Waals surface area (Å²) in [5.74, 6) is -0.155. The minimum atomic E-state index is -0.439. The Bertz CT molecular complexity index is 315. The van der Waals surface area contributed by atoms with Gasteiger partial charge in [0.15, 0.2) is 0 Å². The maximum Gasteiger partial charge on any atom is 0.374 e. The lowest BCUT2D eigenvalue weighted by Crippen LogP contribution is -2.08. The summed E-state index contributed by atoms with van der Waals surface area (Å²) in [6.45, 7) is 3.54. The predicted molar refractivity (Wildman–Crippen MR) is 44.6 cm³/mol. The van der Waals surface area contributed by atoms with E-state index in [1.54, 1.807) is 23.9 Å².